The number of imidazole rings is 1. The fourth-order valence-electron chi connectivity index (χ4n) is 4.96. The predicted octanol–water partition coefficient (Wildman–Crippen LogP) is 3.52. The molecule has 1 atom stereocenters. The van der Waals surface area contributed by atoms with Gasteiger partial charge in [-0.15, -0.1) is 0 Å². The molecule has 1 aliphatic heterocycles. The van der Waals surface area contributed by atoms with Gasteiger partial charge in [-0.25, -0.2) is 14.8 Å². The Morgan fingerprint density at radius 3 is 2.65 bits per heavy atom. The van der Waals surface area contributed by atoms with Crippen molar-refractivity contribution >= 4 is 28.7 Å². The molecule has 9 nitrogen and oxygen atoms in total. The highest BCUT2D eigenvalue weighted by Crippen LogP contribution is 2.32. The molecular formula is C28H30N6O3. The highest BCUT2D eigenvalue weighted by molar-refractivity contribution is 6.02. The molecule has 4 aromatic rings. The van der Waals surface area contributed by atoms with E-state index in [2.05, 4.69) is 15.3 Å². The number of carbonyl (C=O) groups is 2. The summed E-state index contributed by atoms with van der Waals surface area (Å²) in [5, 5.41) is 2.78. The molecule has 37 heavy (non-hydrogen) atoms. The third-order valence-electron chi connectivity index (χ3n) is 7.03. The van der Waals surface area contributed by atoms with E-state index in [0.29, 0.717) is 30.9 Å². The summed E-state index contributed by atoms with van der Waals surface area (Å²) in [7, 11) is 3.51. The van der Waals surface area contributed by atoms with Crippen molar-refractivity contribution in [3.8, 4) is 0 Å². The molecule has 0 aliphatic carbocycles. The second kappa shape index (κ2) is 10.0. The maximum absolute atomic E-state index is 13.2. The SMILES string of the molecule is Cc1ccc(NC(=O)c2cccc([C@@H]3CCCN3C(=O)CCc3ccc4c(c3)n(C)c(=O)n4C)n2)nc1. The second-order valence-corrected chi connectivity index (χ2v) is 9.59. The number of aromatic nitrogens is 4. The molecule has 1 fully saturated rings. The van der Waals surface area contributed by atoms with Crippen LogP contribution in [0.5, 0.6) is 0 Å². The Kier molecular flexibility index (Phi) is 6.60. The molecular weight excluding hydrogens is 468 g/mol. The lowest BCUT2D eigenvalue weighted by Crippen LogP contribution is -2.31. The van der Waals surface area contributed by atoms with Gasteiger partial charge in [0.05, 0.1) is 22.8 Å². The second-order valence-electron chi connectivity index (χ2n) is 9.59. The fourth-order valence-corrected chi connectivity index (χ4v) is 4.96. The zero-order valence-corrected chi connectivity index (χ0v) is 21.3. The van der Waals surface area contributed by atoms with Gasteiger partial charge in [-0.05, 0) is 67.6 Å². The minimum Gasteiger partial charge on any atom is -0.334 e. The van der Waals surface area contributed by atoms with Gasteiger partial charge in [0.15, 0.2) is 0 Å². The van der Waals surface area contributed by atoms with Crippen molar-refractivity contribution in [3.63, 3.8) is 0 Å². The van der Waals surface area contributed by atoms with E-state index in [1.54, 1.807) is 47.6 Å². The quantitative estimate of drug-likeness (QED) is 0.438. The Hall–Kier alpha value is -4.27. The van der Waals surface area contributed by atoms with Gasteiger partial charge in [0.1, 0.15) is 11.5 Å². The van der Waals surface area contributed by atoms with E-state index in [4.69, 9.17) is 0 Å². The molecule has 1 aliphatic rings. The minimum atomic E-state index is -0.334. The standard InChI is InChI=1S/C28H30N6O3/c1-18-9-13-25(29-17-18)31-27(36)21-7-4-6-20(30-21)22-8-5-15-34(22)26(35)14-11-19-10-12-23-24(16-19)33(3)28(37)32(23)2/h4,6-7,9-10,12-13,16-17,22H,5,8,11,14-15H2,1-3H3,(H,29,31,36)/t22-/m0/s1. The number of hydrogen-bond acceptors (Lipinski definition) is 5. The van der Waals surface area contributed by atoms with Crippen LogP contribution in [0.2, 0.25) is 0 Å². The number of carbonyl (C=O) groups excluding carboxylic acids is 2. The van der Waals surface area contributed by atoms with Crippen LogP contribution in [-0.4, -0.2) is 42.4 Å². The van der Waals surface area contributed by atoms with E-state index >= 15 is 0 Å². The van der Waals surface area contributed by atoms with Crippen LogP contribution in [0.25, 0.3) is 11.0 Å². The van der Waals surface area contributed by atoms with Crippen molar-refractivity contribution in [3.05, 3.63) is 87.7 Å². The molecule has 0 spiro atoms. The van der Waals surface area contributed by atoms with Crippen LogP contribution < -0.4 is 11.0 Å². The first-order valence-electron chi connectivity index (χ1n) is 12.5. The number of aryl methyl sites for hydroxylation is 4. The maximum atomic E-state index is 13.2. The lowest BCUT2D eigenvalue weighted by Gasteiger charge is -2.24. The lowest BCUT2D eigenvalue weighted by atomic mass is 10.1. The molecule has 5 rings (SSSR count). The number of amides is 2. The normalized spacial score (nSPS) is 15.3. The van der Waals surface area contributed by atoms with Gasteiger partial charge < -0.3 is 10.2 Å². The minimum absolute atomic E-state index is 0.0602. The highest BCUT2D eigenvalue weighted by atomic mass is 16.2. The summed E-state index contributed by atoms with van der Waals surface area (Å²) in [6.45, 7) is 2.60. The summed E-state index contributed by atoms with van der Waals surface area (Å²) in [6, 6.07) is 14.7. The molecule has 4 heterocycles. The van der Waals surface area contributed by atoms with Gasteiger partial charge in [-0.1, -0.05) is 18.2 Å². The maximum Gasteiger partial charge on any atom is 0.328 e. The Balaban J connectivity index is 1.27. The number of fused-ring (bicyclic) bond motifs is 1. The molecule has 2 amide bonds. The van der Waals surface area contributed by atoms with Gasteiger partial charge in [-0.2, -0.15) is 0 Å². The van der Waals surface area contributed by atoms with E-state index in [1.807, 2.05) is 42.2 Å². The van der Waals surface area contributed by atoms with E-state index in [-0.39, 0.29) is 23.5 Å². The van der Waals surface area contributed by atoms with Gasteiger partial charge in [-0.3, -0.25) is 18.7 Å². The molecule has 0 radical (unpaired) electrons. The van der Waals surface area contributed by atoms with Crippen LogP contribution in [0.1, 0.15) is 52.6 Å². The Bertz CT molecular complexity index is 1540. The van der Waals surface area contributed by atoms with E-state index in [0.717, 1.165) is 40.7 Å². The van der Waals surface area contributed by atoms with Crippen molar-refractivity contribution in [2.75, 3.05) is 11.9 Å². The average molecular weight is 499 g/mol. The van der Waals surface area contributed by atoms with Crippen molar-refractivity contribution in [2.24, 2.45) is 14.1 Å². The highest BCUT2D eigenvalue weighted by Gasteiger charge is 2.31. The van der Waals surface area contributed by atoms with Crippen molar-refractivity contribution < 1.29 is 9.59 Å². The first-order chi connectivity index (χ1) is 17.8. The summed E-state index contributed by atoms with van der Waals surface area (Å²) >= 11 is 0. The van der Waals surface area contributed by atoms with Gasteiger partial charge in [0.2, 0.25) is 5.91 Å². The molecule has 0 saturated carbocycles. The monoisotopic (exact) mass is 498 g/mol. The van der Waals surface area contributed by atoms with Crippen LogP contribution in [-0.2, 0) is 25.3 Å². The zero-order valence-electron chi connectivity index (χ0n) is 21.3. The molecule has 1 N–H and O–H groups in total. The van der Waals surface area contributed by atoms with Crippen molar-refractivity contribution in [2.45, 2.75) is 38.6 Å². The number of rotatable bonds is 6. The molecule has 0 bridgehead atoms. The third-order valence-corrected chi connectivity index (χ3v) is 7.03. The molecule has 1 aromatic carbocycles. The topological polar surface area (TPSA) is 102 Å². The van der Waals surface area contributed by atoms with Crippen LogP contribution in [0.4, 0.5) is 5.82 Å². The van der Waals surface area contributed by atoms with Crippen LogP contribution in [0, 0.1) is 6.92 Å². The van der Waals surface area contributed by atoms with Crippen molar-refractivity contribution in [1.82, 2.24) is 24.0 Å². The van der Waals surface area contributed by atoms with Gasteiger partial charge in [0.25, 0.3) is 5.91 Å². The number of nitrogens with one attached hydrogen (secondary N) is 1. The van der Waals surface area contributed by atoms with Crippen molar-refractivity contribution in [1.29, 1.82) is 0 Å². The smallest absolute Gasteiger partial charge is 0.328 e. The number of nitrogens with zero attached hydrogens (tertiary/aromatic N) is 5. The predicted molar refractivity (Wildman–Crippen MR) is 141 cm³/mol. The Morgan fingerprint density at radius 1 is 1.05 bits per heavy atom. The summed E-state index contributed by atoms with van der Waals surface area (Å²) < 4.78 is 3.25. The fraction of sp³-hybridized carbons (Fsp3) is 0.321. The Labute approximate surface area is 214 Å². The third kappa shape index (κ3) is 4.89. The van der Waals surface area contributed by atoms with Crippen LogP contribution >= 0.6 is 0 Å². The first kappa shape index (κ1) is 24.4. The molecule has 0 unspecified atom stereocenters. The lowest BCUT2D eigenvalue weighted by molar-refractivity contribution is -0.132. The number of anilines is 1. The molecule has 1 saturated heterocycles. The molecule has 3 aromatic heterocycles. The van der Waals surface area contributed by atoms with Crippen LogP contribution in [0.3, 0.4) is 0 Å². The number of pyridine rings is 2. The number of hydrogen-bond donors (Lipinski definition) is 1. The molecule has 9 heteroatoms. The summed E-state index contributed by atoms with van der Waals surface area (Å²) in [6.07, 6.45) is 4.34. The first-order valence-corrected chi connectivity index (χ1v) is 12.5. The van der Waals surface area contributed by atoms with Gasteiger partial charge in [0, 0.05) is 33.3 Å². The number of likely N-dealkylation sites (tertiary alicyclic amines) is 1. The van der Waals surface area contributed by atoms with E-state index < -0.39 is 0 Å². The largest absolute Gasteiger partial charge is 0.334 e. The molecule has 190 valence electrons. The summed E-state index contributed by atoms with van der Waals surface area (Å²) in [4.78, 5) is 48.9. The number of benzene rings is 1. The average Bonchev–Trinajstić information content (AvgIpc) is 3.49. The van der Waals surface area contributed by atoms with E-state index in [9.17, 15) is 14.4 Å². The summed E-state index contributed by atoms with van der Waals surface area (Å²) in [5.74, 6) is 0.194. The van der Waals surface area contributed by atoms with Gasteiger partial charge >= 0.3 is 5.69 Å². The van der Waals surface area contributed by atoms with E-state index in [1.165, 1.54) is 0 Å². The summed E-state index contributed by atoms with van der Waals surface area (Å²) in [5.41, 5.74) is 4.69. The zero-order chi connectivity index (χ0) is 26.1. The van der Waals surface area contributed by atoms with Crippen LogP contribution in [0.15, 0.2) is 59.5 Å². The Morgan fingerprint density at radius 2 is 1.86 bits per heavy atom.